The summed E-state index contributed by atoms with van der Waals surface area (Å²) in [5.41, 5.74) is 1.12. The minimum absolute atomic E-state index is 0.0536. The van der Waals surface area contributed by atoms with E-state index in [0.717, 1.165) is 35.1 Å². The number of hydrogen-bond acceptors (Lipinski definition) is 5. The monoisotopic (exact) mass is 383 g/mol. The Morgan fingerprint density at radius 1 is 1.26 bits per heavy atom. The van der Waals surface area contributed by atoms with Crippen LogP contribution in [-0.2, 0) is 11.2 Å². The second-order valence-corrected chi connectivity index (χ2v) is 8.08. The van der Waals surface area contributed by atoms with Crippen molar-refractivity contribution in [2.24, 2.45) is 0 Å². The van der Waals surface area contributed by atoms with Crippen LogP contribution >= 0.6 is 11.8 Å². The average Bonchev–Trinajstić information content (AvgIpc) is 2.97. The summed E-state index contributed by atoms with van der Waals surface area (Å²) in [4.78, 5) is 18.7. The summed E-state index contributed by atoms with van der Waals surface area (Å²) in [5, 5.41) is 3.57. The molecule has 1 amide bonds. The van der Waals surface area contributed by atoms with E-state index in [-0.39, 0.29) is 5.91 Å². The van der Waals surface area contributed by atoms with Crippen molar-refractivity contribution in [1.29, 1.82) is 0 Å². The average molecular weight is 384 g/mol. The molecule has 1 aromatic carbocycles. The van der Waals surface area contributed by atoms with Gasteiger partial charge in [0, 0.05) is 13.2 Å². The smallest absolute Gasteiger partial charge is 0.241 e. The molecule has 0 aliphatic carbocycles. The molecule has 1 aliphatic rings. The molecular formula is C21H25N3O2S. The van der Waals surface area contributed by atoms with Crippen molar-refractivity contribution >= 4 is 23.5 Å². The molecule has 6 heteroatoms. The van der Waals surface area contributed by atoms with Crippen molar-refractivity contribution in [2.75, 3.05) is 25.1 Å². The lowest BCUT2D eigenvalue weighted by atomic mass is 9.95. The van der Waals surface area contributed by atoms with Gasteiger partial charge in [0.05, 0.1) is 11.6 Å². The summed E-state index contributed by atoms with van der Waals surface area (Å²) < 4.78 is 5.39. The van der Waals surface area contributed by atoms with Gasteiger partial charge in [-0.15, -0.1) is 0 Å². The van der Waals surface area contributed by atoms with Crippen LogP contribution in [0, 0.1) is 0 Å². The van der Waals surface area contributed by atoms with E-state index in [0.29, 0.717) is 13.0 Å². The van der Waals surface area contributed by atoms with E-state index in [2.05, 4.69) is 21.8 Å². The number of nitrogens with one attached hydrogen (secondary N) is 1. The Morgan fingerprint density at radius 2 is 2.04 bits per heavy atom. The van der Waals surface area contributed by atoms with Gasteiger partial charge in [-0.1, -0.05) is 43.5 Å². The van der Waals surface area contributed by atoms with Crippen molar-refractivity contribution in [1.82, 2.24) is 10.3 Å². The highest BCUT2D eigenvalue weighted by atomic mass is 32.2. The molecule has 1 saturated heterocycles. The third kappa shape index (κ3) is 4.63. The van der Waals surface area contributed by atoms with Crippen LogP contribution in [0.15, 0.2) is 60.3 Å². The highest BCUT2D eigenvalue weighted by Gasteiger charge is 2.43. The molecule has 0 bridgehead atoms. The van der Waals surface area contributed by atoms with Gasteiger partial charge in [-0.05, 0) is 42.7 Å². The van der Waals surface area contributed by atoms with Crippen LogP contribution in [0.1, 0.15) is 18.9 Å². The van der Waals surface area contributed by atoms with Crippen LogP contribution in [0.3, 0.4) is 0 Å². The topological polar surface area (TPSA) is 54.5 Å². The summed E-state index contributed by atoms with van der Waals surface area (Å²) in [6.45, 7) is 7.24. The number of thioether (sulfide) groups is 1. The van der Waals surface area contributed by atoms with Crippen molar-refractivity contribution in [3.8, 4) is 5.75 Å². The number of amides is 1. The molecular weight excluding hydrogens is 358 g/mol. The molecule has 2 heterocycles. The normalized spacial score (nSPS) is 19.0. The molecule has 142 valence electrons. The molecule has 0 saturated carbocycles. The minimum atomic E-state index is -0.454. The lowest BCUT2D eigenvalue weighted by Gasteiger charge is -2.23. The summed E-state index contributed by atoms with van der Waals surface area (Å²) in [7, 11) is 2.00. The Balaban J connectivity index is 1.53. The number of carbonyl (C=O) groups excluding carboxylic acids is 1. The number of anilines is 1. The minimum Gasteiger partial charge on any atom is -0.492 e. The first-order valence-electron chi connectivity index (χ1n) is 9.06. The Morgan fingerprint density at radius 3 is 2.63 bits per heavy atom. The van der Waals surface area contributed by atoms with Crippen molar-refractivity contribution in [2.45, 2.75) is 24.5 Å². The van der Waals surface area contributed by atoms with Gasteiger partial charge in [0.25, 0.3) is 0 Å². The van der Waals surface area contributed by atoms with Gasteiger partial charge < -0.3 is 15.0 Å². The maximum atomic E-state index is 12.3. The number of hydrogen-bond donors (Lipinski definition) is 1. The Hall–Kier alpha value is -2.47. The standard InChI is InChI=1S/C21H25N3O2S/c1-4-21(20(25)23-16(2)27-21)15-17-8-10-18(11-9-17)26-14-13-24(3)19-7-5-6-12-22-19/h5-12H,2,4,13-15H2,1,3H3,(H,23,25)/t21-/m0/s1. The number of likely N-dealkylation sites (N-methyl/N-ethyl adjacent to an activating group) is 1. The molecule has 5 nitrogen and oxygen atoms in total. The SMILES string of the molecule is C=C1NC(=O)[C@](CC)(Cc2ccc(OCCN(C)c3ccccn3)cc2)S1. The van der Waals surface area contributed by atoms with Gasteiger partial charge in [-0.3, -0.25) is 4.79 Å². The number of pyridine rings is 1. The van der Waals surface area contributed by atoms with E-state index in [1.165, 1.54) is 11.8 Å². The molecule has 1 aromatic heterocycles. The molecule has 1 fully saturated rings. The summed E-state index contributed by atoms with van der Waals surface area (Å²) in [6, 6.07) is 13.8. The highest BCUT2D eigenvalue weighted by molar-refractivity contribution is 8.05. The molecule has 27 heavy (non-hydrogen) atoms. The molecule has 1 aliphatic heterocycles. The molecule has 2 aromatic rings. The third-order valence-electron chi connectivity index (χ3n) is 4.71. The van der Waals surface area contributed by atoms with Crippen LogP contribution in [-0.4, -0.2) is 35.8 Å². The maximum absolute atomic E-state index is 12.3. The number of carbonyl (C=O) groups is 1. The number of ether oxygens (including phenoxy) is 1. The zero-order chi connectivity index (χ0) is 19.3. The third-order valence-corrected chi connectivity index (χ3v) is 6.06. The first-order valence-corrected chi connectivity index (χ1v) is 9.87. The summed E-state index contributed by atoms with van der Waals surface area (Å²) in [5.74, 6) is 1.81. The lowest BCUT2D eigenvalue weighted by molar-refractivity contribution is -0.122. The zero-order valence-corrected chi connectivity index (χ0v) is 16.6. The van der Waals surface area contributed by atoms with Crippen LogP contribution in [0.5, 0.6) is 5.75 Å². The van der Waals surface area contributed by atoms with Gasteiger partial charge in [0.15, 0.2) is 0 Å². The van der Waals surface area contributed by atoms with E-state index in [4.69, 9.17) is 4.74 Å². The molecule has 0 spiro atoms. The van der Waals surface area contributed by atoms with E-state index < -0.39 is 4.75 Å². The van der Waals surface area contributed by atoms with Crippen LogP contribution < -0.4 is 15.0 Å². The molecule has 3 rings (SSSR count). The van der Waals surface area contributed by atoms with E-state index >= 15 is 0 Å². The van der Waals surface area contributed by atoms with Crippen LogP contribution in [0.4, 0.5) is 5.82 Å². The second-order valence-electron chi connectivity index (χ2n) is 6.61. The molecule has 0 radical (unpaired) electrons. The van der Waals surface area contributed by atoms with Gasteiger partial charge in [-0.25, -0.2) is 4.98 Å². The zero-order valence-electron chi connectivity index (χ0n) is 15.8. The fourth-order valence-corrected chi connectivity index (χ4v) is 4.19. The first kappa shape index (κ1) is 19.3. The predicted molar refractivity (Wildman–Crippen MR) is 111 cm³/mol. The highest BCUT2D eigenvalue weighted by Crippen LogP contribution is 2.41. The van der Waals surface area contributed by atoms with Crippen molar-refractivity contribution < 1.29 is 9.53 Å². The lowest BCUT2D eigenvalue weighted by Crippen LogP contribution is -2.37. The predicted octanol–water partition coefficient (Wildman–Crippen LogP) is 3.62. The Bertz CT molecular complexity index is 795. The van der Waals surface area contributed by atoms with Gasteiger partial charge in [0.2, 0.25) is 5.91 Å². The van der Waals surface area contributed by atoms with E-state index in [1.54, 1.807) is 6.20 Å². The van der Waals surface area contributed by atoms with Crippen LogP contribution in [0.2, 0.25) is 0 Å². The Kier molecular flexibility index (Phi) is 6.06. The summed E-state index contributed by atoms with van der Waals surface area (Å²) in [6.07, 6.45) is 3.23. The quantitative estimate of drug-likeness (QED) is 0.754. The van der Waals surface area contributed by atoms with Crippen LogP contribution in [0.25, 0.3) is 0 Å². The number of aromatic nitrogens is 1. The van der Waals surface area contributed by atoms with E-state index in [9.17, 15) is 4.79 Å². The Labute approximate surface area is 164 Å². The van der Waals surface area contributed by atoms with Crippen molar-refractivity contribution in [3.05, 3.63) is 65.8 Å². The summed E-state index contributed by atoms with van der Waals surface area (Å²) >= 11 is 1.54. The molecule has 1 atom stereocenters. The fraction of sp³-hybridized carbons (Fsp3) is 0.333. The number of nitrogens with zero attached hydrogens (tertiary/aromatic N) is 2. The second kappa shape index (κ2) is 8.48. The maximum Gasteiger partial charge on any atom is 0.241 e. The largest absolute Gasteiger partial charge is 0.492 e. The number of benzene rings is 1. The molecule has 0 unspecified atom stereocenters. The van der Waals surface area contributed by atoms with Gasteiger partial charge in [0.1, 0.15) is 22.9 Å². The van der Waals surface area contributed by atoms with Gasteiger partial charge >= 0.3 is 0 Å². The molecule has 1 N–H and O–H groups in total. The first-order chi connectivity index (χ1) is 13.0. The fourth-order valence-electron chi connectivity index (χ4n) is 3.05. The van der Waals surface area contributed by atoms with E-state index in [1.807, 2.05) is 56.4 Å². The van der Waals surface area contributed by atoms with Crippen molar-refractivity contribution in [3.63, 3.8) is 0 Å². The van der Waals surface area contributed by atoms with Gasteiger partial charge in [-0.2, -0.15) is 0 Å². The number of rotatable bonds is 8.